The molecule has 1 atom stereocenters. The van der Waals surface area contributed by atoms with Crippen molar-refractivity contribution < 1.29 is 14.7 Å². The molecule has 142 valence electrons. The van der Waals surface area contributed by atoms with Gasteiger partial charge in [-0.25, -0.2) is 0 Å². The Kier molecular flexibility index (Phi) is 16.0. The average molecular weight is 343 g/mol. The molecule has 0 aliphatic heterocycles. The zero-order chi connectivity index (χ0) is 18.0. The third-order valence-corrected chi connectivity index (χ3v) is 4.34. The summed E-state index contributed by atoms with van der Waals surface area (Å²) in [6.45, 7) is 2.26. The van der Waals surface area contributed by atoms with Crippen molar-refractivity contribution in [3.05, 3.63) is 0 Å². The van der Waals surface area contributed by atoms with Gasteiger partial charge >= 0.3 is 5.97 Å². The van der Waals surface area contributed by atoms with Crippen LogP contribution in [0.1, 0.15) is 96.8 Å². The van der Waals surface area contributed by atoms with Crippen molar-refractivity contribution in [2.45, 2.75) is 103 Å². The fraction of sp³-hybridized carbons (Fsp3) is 0.895. The predicted octanol–water partition coefficient (Wildman–Crippen LogP) is 4.00. The highest BCUT2D eigenvalue weighted by Crippen LogP contribution is 2.12. The van der Waals surface area contributed by atoms with Crippen LogP contribution < -0.4 is 11.1 Å². The molecule has 0 aromatic heterocycles. The van der Waals surface area contributed by atoms with E-state index in [2.05, 4.69) is 12.2 Å². The Labute approximate surface area is 147 Å². The number of hydrogen-bond donors (Lipinski definition) is 3. The van der Waals surface area contributed by atoms with Crippen molar-refractivity contribution in [3.8, 4) is 0 Å². The van der Waals surface area contributed by atoms with Crippen LogP contribution in [0.4, 0.5) is 0 Å². The third kappa shape index (κ3) is 15.8. The fourth-order valence-corrected chi connectivity index (χ4v) is 2.70. The van der Waals surface area contributed by atoms with Gasteiger partial charge in [-0.15, -0.1) is 0 Å². The molecule has 0 heterocycles. The van der Waals surface area contributed by atoms with Gasteiger partial charge in [-0.1, -0.05) is 84.0 Å². The number of unbranched alkanes of at least 4 members (excludes halogenated alkanes) is 12. The molecule has 0 radical (unpaired) electrons. The molecular formula is C19H38N2O3. The summed E-state index contributed by atoms with van der Waals surface area (Å²) in [6, 6.07) is -1.01. The second-order valence-electron chi connectivity index (χ2n) is 6.74. The molecule has 0 saturated carbocycles. The molecule has 0 aromatic carbocycles. The van der Waals surface area contributed by atoms with Crippen molar-refractivity contribution in [2.75, 3.05) is 6.54 Å². The molecule has 1 unspecified atom stereocenters. The molecule has 0 aromatic rings. The van der Waals surface area contributed by atoms with Gasteiger partial charge in [0.15, 0.2) is 0 Å². The van der Waals surface area contributed by atoms with E-state index in [1.807, 2.05) is 0 Å². The van der Waals surface area contributed by atoms with E-state index in [0.717, 1.165) is 12.8 Å². The molecule has 0 rings (SSSR count). The van der Waals surface area contributed by atoms with Crippen molar-refractivity contribution in [2.24, 2.45) is 5.73 Å². The maximum absolute atomic E-state index is 11.5. The van der Waals surface area contributed by atoms with Crippen LogP contribution in [0.3, 0.4) is 0 Å². The second-order valence-corrected chi connectivity index (χ2v) is 6.74. The van der Waals surface area contributed by atoms with E-state index in [4.69, 9.17) is 10.8 Å². The van der Waals surface area contributed by atoms with Crippen LogP contribution in [0.25, 0.3) is 0 Å². The summed E-state index contributed by atoms with van der Waals surface area (Å²) in [5.74, 6) is -1.19. The minimum Gasteiger partial charge on any atom is -0.480 e. The van der Waals surface area contributed by atoms with Gasteiger partial charge in [0, 0.05) is 13.0 Å². The summed E-state index contributed by atoms with van der Waals surface area (Å²) in [5.41, 5.74) is 5.33. The third-order valence-electron chi connectivity index (χ3n) is 4.34. The number of hydrogen-bond acceptors (Lipinski definition) is 3. The summed E-state index contributed by atoms with van der Waals surface area (Å²) >= 11 is 0. The van der Waals surface area contributed by atoms with Crippen molar-refractivity contribution in [3.63, 3.8) is 0 Å². The maximum atomic E-state index is 11.5. The SMILES string of the molecule is CCCCCCCCCCCCCCCC(=O)NCC(N)C(=O)O. The number of carbonyl (C=O) groups excluding carboxylic acids is 1. The average Bonchev–Trinajstić information content (AvgIpc) is 2.56. The first-order chi connectivity index (χ1) is 11.6. The van der Waals surface area contributed by atoms with Gasteiger partial charge in [0.05, 0.1) is 0 Å². The molecular weight excluding hydrogens is 304 g/mol. The number of rotatable bonds is 17. The molecule has 0 saturated heterocycles. The van der Waals surface area contributed by atoms with E-state index in [1.165, 1.54) is 70.6 Å². The summed E-state index contributed by atoms with van der Waals surface area (Å²) in [7, 11) is 0. The predicted molar refractivity (Wildman–Crippen MR) is 98.9 cm³/mol. The molecule has 1 amide bonds. The Hall–Kier alpha value is -1.10. The van der Waals surface area contributed by atoms with Gasteiger partial charge in [0.25, 0.3) is 0 Å². The molecule has 0 aliphatic rings. The first-order valence-electron chi connectivity index (χ1n) is 9.83. The van der Waals surface area contributed by atoms with Crippen molar-refractivity contribution in [1.29, 1.82) is 0 Å². The summed E-state index contributed by atoms with van der Waals surface area (Å²) < 4.78 is 0. The molecule has 5 heteroatoms. The van der Waals surface area contributed by atoms with Gasteiger partial charge in [-0.2, -0.15) is 0 Å². The van der Waals surface area contributed by atoms with Crippen LogP contribution in [-0.2, 0) is 9.59 Å². The largest absolute Gasteiger partial charge is 0.480 e. The maximum Gasteiger partial charge on any atom is 0.322 e. The smallest absolute Gasteiger partial charge is 0.322 e. The second kappa shape index (κ2) is 16.7. The van der Waals surface area contributed by atoms with Crippen molar-refractivity contribution >= 4 is 11.9 Å². The van der Waals surface area contributed by atoms with Gasteiger partial charge in [-0.3, -0.25) is 9.59 Å². The quantitative estimate of drug-likeness (QED) is 0.348. The molecule has 24 heavy (non-hydrogen) atoms. The monoisotopic (exact) mass is 342 g/mol. The van der Waals surface area contributed by atoms with Crippen LogP contribution >= 0.6 is 0 Å². The highest BCUT2D eigenvalue weighted by Gasteiger charge is 2.12. The van der Waals surface area contributed by atoms with E-state index in [0.29, 0.717) is 6.42 Å². The Balaban J connectivity index is 3.22. The number of carboxylic acids is 1. The van der Waals surface area contributed by atoms with Crippen LogP contribution in [0.15, 0.2) is 0 Å². The lowest BCUT2D eigenvalue weighted by Gasteiger charge is -2.08. The highest BCUT2D eigenvalue weighted by molar-refractivity contribution is 5.78. The summed E-state index contributed by atoms with van der Waals surface area (Å²) in [6.07, 6.45) is 17.1. The molecule has 0 aliphatic carbocycles. The lowest BCUT2D eigenvalue weighted by molar-refractivity contribution is -0.138. The molecule has 0 spiro atoms. The fourth-order valence-electron chi connectivity index (χ4n) is 2.70. The number of amides is 1. The van der Waals surface area contributed by atoms with Crippen LogP contribution in [0.2, 0.25) is 0 Å². The van der Waals surface area contributed by atoms with Crippen LogP contribution in [0, 0.1) is 0 Å². The number of nitrogens with two attached hydrogens (primary N) is 1. The Morgan fingerprint density at radius 1 is 0.833 bits per heavy atom. The van der Waals surface area contributed by atoms with Gasteiger partial charge in [-0.05, 0) is 6.42 Å². The van der Waals surface area contributed by atoms with E-state index < -0.39 is 12.0 Å². The lowest BCUT2D eigenvalue weighted by Crippen LogP contribution is -2.42. The van der Waals surface area contributed by atoms with Gasteiger partial charge in [0.1, 0.15) is 6.04 Å². The van der Waals surface area contributed by atoms with E-state index in [1.54, 1.807) is 0 Å². The van der Waals surface area contributed by atoms with E-state index in [-0.39, 0.29) is 12.5 Å². The molecule has 4 N–H and O–H groups in total. The number of carboxylic acid groups (broad SMARTS) is 1. The normalized spacial score (nSPS) is 12.1. The Morgan fingerprint density at radius 2 is 1.25 bits per heavy atom. The minimum atomic E-state index is -1.09. The van der Waals surface area contributed by atoms with Gasteiger partial charge in [0.2, 0.25) is 5.91 Å². The highest BCUT2D eigenvalue weighted by atomic mass is 16.4. The number of aliphatic carboxylic acids is 1. The van der Waals surface area contributed by atoms with E-state index >= 15 is 0 Å². The zero-order valence-electron chi connectivity index (χ0n) is 15.5. The van der Waals surface area contributed by atoms with Crippen LogP contribution in [-0.4, -0.2) is 29.6 Å². The first-order valence-corrected chi connectivity index (χ1v) is 9.83. The van der Waals surface area contributed by atoms with Crippen LogP contribution in [0.5, 0.6) is 0 Å². The zero-order valence-corrected chi connectivity index (χ0v) is 15.5. The number of carbonyl (C=O) groups is 2. The van der Waals surface area contributed by atoms with E-state index in [9.17, 15) is 9.59 Å². The summed E-state index contributed by atoms with van der Waals surface area (Å²) in [4.78, 5) is 22.0. The summed E-state index contributed by atoms with van der Waals surface area (Å²) in [5, 5.41) is 11.2. The minimum absolute atomic E-state index is 0.00656. The number of nitrogens with one attached hydrogen (secondary N) is 1. The first kappa shape index (κ1) is 22.9. The standard InChI is InChI=1S/C19H38N2O3/c1-2-3-4-5-6-7-8-9-10-11-12-13-14-15-18(22)21-16-17(20)19(23)24/h17H,2-16,20H2,1H3,(H,21,22)(H,23,24). The topological polar surface area (TPSA) is 92.4 Å². The molecule has 0 fully saturated rings. The molecule has 5 nitrogen and oxygen atoms in total. The Bertz CT molecular complexity index is 322. The van der Waals surface area contributed by atoms with Gasteiger partial charge < -0.3 is 16.2 Å². The lowest BCUT2D eigenvalue weighted by atomic mass is 10.0. The molecule has 0 bridgehead atoms. The van der Waals surface area contributed by atoms with Crippen molar-refractivity contribution in [1.82, 2.24) is 5.32 Å². The Morgan fingerprint density at radius 3 is 1.67 bits per heavy atom.